The molecule has 0 radical (unpaired) electrons. The number of rotatable bonds is 4. The van der Waals surface area contributed by atoms with Crippen LogP contribution in [0.3, 0.4) is 0 Å². The van der Waals surface area contributed by atoms with Crippen molar-refractivity contribution in [2.24, 2.45) is 0 Å². The molecule has 1 aromatic rings. The van der Waals surface area contributed by atoms with Crippen LogP contribution in [0.1, 0.15) is 12.0 Å². The van der Waals surface area contributed by atoms with Gasteiger partial charge in [-0.3, -0.25) is 14.9 Å². The molecule has 1 saturated heterocycles. The smallest absolute Gasteiger partial charge is 0.288 e. The number of nitro benzene ring substituents is 1. The van der Waals surface area contributed by atoms with Crippen molar-refractivity contribution in [2.75, 3.05) is 25.0 Å². The summed E-state index contributed by atoms with van der Waals surface area (Å²) in [6.07, 6.45) is 0.0636. The molecule has 1 aliphatic heterocycles. The van der Waals surface area contributed by atoms with Gasteiger partial charge in [0.05, 0.1) is 24.1 Å². The number of nitrogens with zero attached hydrogens (tertiary/aromatic N) is 1. The van der Waals surface area contributed by atoms with Gasteiger partial charge in [0, 0.05) is 24.8 Å². The average molecular weight is 314 g/mol. The van der Waals surface area contributed by atoms with Crippen molar-refractivity contribution < 1.29 is 14.5 Å². The van der Waals surface area contributed by atoms with Gasteiger partial charge in [-0.05, 0) is 18.6 Å². The predicted molar refractivity (Wildman–Crippen MR) is 78.7 cm³/mol. The zero-order chi connectivity index (χ0) is 15.4. The maximum atomic E-state index is 12.0. The lowest BCUT2D eigenvalue weighted by molar-refractivity contribution is -0.384. The minimum atomic E-state index is -0.553. The van der Waals surface area contributed by atoms with E-state index in [1.807, 2.05) is 0 Å². The first-order chi connectivity index (χ1) is 9.97. The fraction of sp³-hybridized carbons (Fsp3) is 0.462. The number of hydrogen-bond donors (Lipinski definition) is 2. The first-order valence-electron chi connectivity index (χ1n) is 6.54. The highest BCUT2D eigenvalue weighted by atomic mass is 35.5. The number of nitro groups is 1. The standard InChI is InChI=1S/C13H16ClN3O4/c1-8-4-12(17(19)20)10(14)6-11(8)16-13(18)5-9-7-15-2-3-21-9/h4,6,9,15H,2-3,5,7H2,1H3,(H,16,18). The van der Waals surface area contributed by atoms with Crippen LogP contribution in [0.5, 0.6) is 0 Å². The number of carbonyl (C=O) groups is 1. The van der Waals surface area contributed by atoms with Crippen LogP contribution in [-0.2, 0) is 9.53 Å². The zero-order valence-corrected chi connectivity index (χ0v) is 12.3. The molecular weight excluding hydrogens is 298 g/mol. The van der Waals surface area contributed by atoms with Gasteiger partial charge in [-0.2, -0.15) is 0 Å². The minimum absolute atomic E-state index is 0.00326. The summed E-state index contributed by atoms with van der Waals surface area (Å²) in [6, 6.07) is 2.74. The number of nitrogens with one attached hydrogen (secondary N) is 2. The molecule has 1 aliphatic rings. The predicted octanol–water partition coefficient (Wildman–Crippen LogP) is 1.87. The second-order valence-corrected chi connectivity index (χ2v) is 5.23. The summed E-state index contributed by atoms with van der Waals surface area (Å²) in [6.45, 7) is 3.68. The number of aryl methyl sites for hydroxylation is 1. The van der Waals surface area contributed by atoms with Crippen LogP contribution in [0, 0.1) is 17.0 Å². The summed E-state index contributed by atoms with van der Waals surface area (Å²) in [5.41, 5.74) is 0.883. The molecular formula is C13H16ClN3O4. The lowest BCUT2D eigenvalue weighted by Crippen LogP contribution is -2.40. The normalized spacial score (nSPS) is 18.3. The van der Waals surface area contributed by atoms with Gasteiger partial charge in [-0.25, -0.2) is 0 Å². The second kappa shape index (κ2) is 6.84. The average Bonchev–Trinajstić information content (AvgIpc) is 2.43. The number of halogens is 1. The first-order valence-corrected chi connectivity index (χ1v) is 6.92. The van der Waals surface area contributed by atoms with Gasteiger partial charge >= 0.3 is 0 Å². The Morgan fingerprint density at radius 2 is 2.38 bits per heavy atom. The molecule has 21 heavy (non-hydrogen) atoms. The van der Waals surface area contributed by atoms with Crippen molar-refractivity contribution in [3.8, 4) is 0 Å². The molecule has 0 saturated carbocycles. The third-order valence-electron chi connectivity index (χ3n) is 3.18. The highest BCUT2D eigenvalue weighted by molar-refractivity contribution is 6.33. The quantitative estimate of drug-likeness (QED) is 0.654. The number of morpholine rings is 1. The van der Waals surface area contributed by atoms with E-state index in [0.29, 0.717) is 24.4 Å². The van der Waals surface area contributed by atoms with E-state index in [-0.39, 0.29) is 29.1 Å². The van der Waals surface area contributed by atoms with Crippen molar-refractivity contribution in [3.63, 3.8) is 0 Å². The van der Waals surface area contributed by atoms with Crippen LogP contribution in [0.15, 0.2) is 12.1 Å². The van der Waals surface area contributed by atoms with Gasteiger partial charge in [0.15, 0.2) is 0 Å². The minimum Gasteiger partial charge on any atom is -0.375 e. The first kappa shape index (κ1) is 15.7. The zero-order valence-electron chi connectivity index (χ0n) is 11.5. The number of ether oxygens (including phenoxy) is 1. The lowest BCUT2D eigenvalue weighted by Gasteiger charge is -2.23. The third-order valence-corrected chi connectivity index (χ3v) is 3.48. The van der Waals surface area contributed by atoms with E-state index in [0.717, 1.165) is 6.54 Å². The van der Waals surface area contributed by atoms with Gasteiger partial charge in [-0.1, -0.05) is 11.6 Å². The molecule has 7 nitrogen and oxygen atoms in total. The molecule has 1 unspecified atom stereocenters. The Bertz CT molecular complexity index is 559. The Balaban J connectivity index is 2.03. The molecule has 0 aromatic heterocycles. The number of hydrogen-bond acceptors (Lipinski definition) is 5. The fourth-order valence-electron chi connectivity index (χ4n) is 2.10. The highest BCUT2D eigenvalue weighted by Crippen LogP contribution is 2.30. The molecule has 1 aromatic carbocycles. The van der Waals surface area contributed by atoms with Crippen LogP contribution < -0.4 is 10.6 Å². The van der Waals surface area contributed by atoms with Gasteiger partial charge in [0.1, 0.15) is 5.02 Å². The van der Waals surface area contributed by atoms with Crippen LogP contribution in [0.2, 0.25) is 5.02 Å². The number of benzene rings is 1. The molecule has 1 atom stereocenters. The fourth-order valence-corrected chi connectivity index (χ4v) is 2.33. The molecule has 1 amide bonds. The van der Waals surface area contributed by atoms with Gasteiger partial charge in [0.2, 0.25) is 5.91 Å². The van der Waals surface area contributed by atoms with Gasteiger partial charge in [0.25, 0.3) is 5.69 Å². The van der Waals surface area contributed by atoms with Crippen LogP contribution >= 0.6 is 11.6 Å². The molecule has 0 spiro atoms. The molecule has 114 valence electrons. The van der Waals surface area contributed by atoms with E-state index >= 15 is 0 Å². The van der Waals surface area contributed by atoms with E-state index in [2.05, 4.69) is 10.6 Å². The van der Waals surface area contributed by atoms with Crippen molar-refractivity contribution in [1.29, 1.82) is 0 Å². The Labute approximate surface area is 126 Å². The molecule has 1 fully saturated rings. The van der Waals surface area contributed by atoms with Crippen LogP contribution in [-0.4, -0.2) is 36.6 Å². The summed E-state index contributed by atoms with van der Waals surface area (Å²) in [5.74, 6) is -0.211. The molecule has 2 rings (SSSR count). The van der Waals surface area contributed by atoms with Gasteiger partial charge in [-0.15, -0.1) is 0 Å². The topological polar surface area (TPSA) is 93.5 Å². The molecule has 1 heterocycles. The second-order valence-electron chi connectivity index (χ2n) is 4.82. The number of anilines is 1. The molecule has 2 N–H and O–H groups in total. The van der Waals surface area contributed by atoms with Crippen molar-refractivity contribution in [3.05, 3.63) is 32.8 Å². The maximum Gasteiger partial charge on any atom is 0.288 e. The Kier molecular flexibility index (Phi) is 5.11. The Morgan fingerprint density at radius 3 is 3.00 bits per heavy atom. The van der Waals surface area contributed by atoms with E-state index in [1.54, 1.807) is 6.92 Å². The largest absolute Gasteiger partial charge is 0.375 e. The molecule has 8 heteroatoms. The summed E-state index contributed by atoms with van der Waals surface area (Å²) >= 11 is 5.84. The monoisotopic (exact) mass is 313 g/mol. The Hall–Kier alpha value is -1.70. The SMILES string of the molecule is Cc1cc([N+](=O)[O-])c(Cl)cc1NC(=O)CC1CNCCO1. The van der Waals surface area contributed by atoms with Crippen molar-refractivity contribution in [1.82, 2.24) is 5.32 Å². The van der Waals surface area contributed by atoms with Crippen molar-refractivity contribution in [2.45, 2.75) is 19.4 Å². The Morgan fingerprint density at radius 1 is 1.62 bits per heavy atom. The summed E-state index contributed by atoms with van der Waals surface area (Å²) < 4.78 is 5.45. The van der Waals surface area contributed by atoms with E-state index in [9.17, 15) is 14.9 Å². The van der Waals surface area contributed by atoms with E-state index in [4.69, 9.17) is 16.3 Å². The summed E-state index contributed by atoms with van der Waals surface area (Å²) in [7, 11) is 0. The van der Waals surface area contributed by atoms with Gasteiger partial charge < -0.3 is 15.4 Å². The lowest BCUT2D eigenvalue weighted by atomic mass is 10.1. The number of carbonyl (C=O) groups excluding carboxylic acids is 1. The van der Waals surface area contributed by atoms with E-state index in [1.165, 1.54) is 12.1 Å². The van der Waals surface area contributed by atoms with E-state index < -0.39 is 4.92 Å². The van der Waals surface area contributed by atoms with Crippen molar-refractivity contribution >= 4 is 28.9 Å². The highest BCUT2D eigenvalue weighted by Gasteiger charge is 2.19. The third kappa shape index (κ3) is 4.13. The maximum absolute atomic E-state index is 12.0. The molecule has 0 bridgehead atoms. The molecule has 0 aliphatic carbocycles. The summed E-state index contributed by atoms with van der Waals surface area (Å²) in [5, 5.41) is 16.6. The van der Waals surface area contributed by atoms with Crippen LogP contribution in [0.25, 0.3) is 0 Å². The number of amides is 1. The van der Waals surface area contributed by atoms with Crippen LogP contribution in [0.4, 0.5) is 11.4 Å². The summed E-state index contributed by atoms with van der Waals surface area (Å²) in [4.78, 5) is 22.2.